The van der Waals surface area contributed by atoms with Gasteiger partial charge in [-0.05, 0) is 0 Å². The van der Waals surface area contributed by atoms with Gasteiger partial charge in [-0.15, -0.1) is 10.1 Å². The average Bonchev–Trinajstić information content (AvgIpc) is 1.87. The summed E-state index contributed by atoms with van der Waals surface area (Å²) in [6.07, 6.45) is 0. The molecule has 0 amide bonds. The van der Waals surface area contributed by atoms with E-state index in [1.165, 1.54) is 0 Å². The topological polar surface area (TPSA) is 87.9 Å². The summed E-state index contributed by atoms with van der Waals surface area (Å²) in [5, 5.41) is 8.24. The summed E-state index contributed by atoms with van der Waals surface area (Å²) < 4.78 is 21.7. The molecule has 0 spiro atoms. The molecule has 0 unspecified atom stereocenters. The van der Waals surface area contributed by atoms with Crippen LogP contribution in [-0.2, 0) is 16.4 Å². The van der Waals surface area contributed by atoms with Crippen LogP contribution in [-0.4, -0.2) is 5.09 Å². The Morgan fingerprint density at radius 2 is 1.80 bits per heavy atom. The van der Waals surface area contributed by atoms with Crippen LogP contribution in [0.15, 0.2) is 0 Å². The Hall–Kier alpha value is 0.310. The summed E-state index contributed by atoms with van der Waals surface area (Å²) in [4.78, 5) is 9.54. The first-order valence-electron chi connectivity index (χ1n) is 1.59. The third-order valence-electron chi connectivity index (χ3n) is 0.336. The van der Waals surface area contributed by atoms with Crippen molar-refractivity contribution in [1.29, 1.82) is 0 Å². The molecule has 0 saturated heterocycles. The smallest absolute Gasteiger partial charge is 0.227 e. The number of hydrogen-bond acceptors (Lipinski definition) is 6. The summed E-state index contributed by atoms with van der Waals surface area (Å²) >= 11 is 4.43. The van der Waals surface area contributed by atoms with Gasteiger partial charge in [0.05, 0.1) is 0 Å². The van der Waals surface area contributed by atoms with Gasteiger partial charge in [0.15, 0.2) is 0 Å². The van der Waals surface area contributed by atoms with E-state index in [4.69, 9.17) is 0 Å². The van der Waals surface area contributed by atoms with Crippen LogP contribution >= 0.6 is 40.3 Å². The van der Waals surface area contributed by atoms with E-state index in [-0.39, 0.29) is 0 Å². The highest BCUT2D eigenvalue weighted by Gasteiger charge is 2.29. The van der Waals surface area contributed by atoms with Gasteiger partial charge in [0.2, 0.25) is 0 Å². The van der Waals surface area contributed by atoms with Crippen LogP contribution < -0.4 is 0 Å². The minimum absolute atomic E-state index is 1.30. The minimum atomic E-state index is -4.10. The molecule has 0 heterocycles. The molecule has 0 aliphatic carbocycles. The maximum absolute atomic E-state index is 10.6. The maximum Gasteiger partial charge on any atom is 0.528 e. The van der Waals surface area contributed by atoms with Crippen molar-refractivity contribution in [3.63, 3.8) is 0 Å². The number of nitrogens with zero attached hydrogens (tertiary/aromatic N) is 1. The van der Waals surface area contributed by atoms with Crippen LogP contribution in [0.4, 0.5) is 0 Å². The Bertz CT molecular complexity index is 159. The monoisotopic (exact) mass is 299 g/mol. The van der Waals surface area contributed by atoms with Gasteiger partial charge in [-0.25, -0.2) is 11.8 Å². The van der Waals surface area contributed by atoms with Crippen molar-refractivity contribution in [2.45, 2.75) is 0 Å². The van der Waals surface area contributed by atoms with Crippen molar-refractivity contribution in [2.24, 2.45) is 0 Å². The van der Waals surface area contributed by atoms with E-state index >= 15 is 0 Å². The highest BCUT2D eigenvalue weighted by molar-refractivity contribution is 9.07. The Labute approximate surface area is 72.3 Å². The van der Waals surface area contributed by atoms with Gasteiger partial charge in [-0.1, -0.05) is 0 Å². The summed E-state index contributed by atoms with van der Waals surface area (Å²) in [5.74, 6) is 0. The molecule has 0 N–H and O–H groups in total. The van der Waals surface area contributed by atoms with Crippen molar-refractivity contribution in [2.75, 3.05) is 0 Å². The lowest BCUT2D eigenvalue weighted by atomic mass is 13.1. The zero-order valence-electron chi connectivity index (χ0n) is 4.10. The molecular formula is Br2NO6P. The van der Waals surface area contributed by atoms with Crippen LogP contribution in [0.2, 0.25) is 0 Å². The molecule has 10 heavy (non-hydrogen) atoms. The van der Waals surface area contributed by atoms with E-state index in [0.717, 1.165) is 0 Å². The molecule has 0 aromatic rings. The first-order chi connectivity index (χ1) is 4.54. The van der Waals surface area contributed by atoms with E-state index in [1.807, 2.05) is 0 Å². The van der Waals surface area contributed by atoms with Crippen LogP contribution in [0.3, 0.4) is 0 Å². The molecule has 0 fully saturated rings. The first kappa shape index (κ1) is 10.3. The Kier molecular flexibility index (Phi) is 4.37. The molecule has 60 valence electrons. The van der Waals surface area contributed by atoms with Gasteiger partial charge in [0, 0.05) is 0 Å². The van der Waals surface area contributed by atoms with Crippen LogP contribution in [0.5, 0.6) is 0 Å². The van der Waals surface area contributed by atoms with Crippen LogP contribution in [0.1, 0.15) is 0 Å². The molecule has 0 aliphatic heterocycles. The number of halogens is 2. The second kappa shape index (κ2) is 4.24. The zero-order valence-corrected chi connectivity index (χ0v) is 8.17. The third-order valence-corrected chi connectivity index (χ3v) is 3.13. The first-order valence-corrected chi connectivity index (χ1v) is 4.34. The largest absolute Gasteiger partial charge is 0.528 e. The van der Waals surface area contributed by atoms with E-state index in [1.54, 1.807) is 0 Å². The Balaban J connectivity index is 4.07. The highest BCUT2D eigenvalue weighted by Crippen LogP contribution is 2.52. The summed E-state index contributed by atoms with van der Waals surface area (Å²) in [5.41, 5.74) is 0. The van der Waals surface area contributed by atoms with Gasteiger partial charge < -0.3 is 0 Å². The van der Waals surface area contributed by atoms with Crippen molar-refractivity contribution in [1.82, 2.24) is 0 Å². The fourth-order valence-electron chi connectivity index (χ4n) is 0.117. The number of hydrogen-bond donors (Lipinski definition) is 0. The standard InChI is InChI=1S/Br2NO6P/c1-7-10(6,8-2)9-3(4)5. The van der Waals surface area contributed by atoms with Gasteiger partial charge in [-0.2, -0.15) is 4.62 Å². The SMILES string of the molecule is O=[N+]([O-])OP(=O)(OBr)OBr. The second-order valence-electron chi connectivity index (χ2n) is 0.890. The lowest BCUT2D eigenvalue weighted by Crippen LogP contribution is -1.97. The maximum atomic E-state index is 10.6. The summed E-state index contributed by atoms with van der Waals surface area (Å²) in [6, 6.07) is 0. The van der Waals surface area contributed by atoms with E-state index in [2.05, 4.69) is 44.4 Å². The predicted octanol–water partition coefficient (Wildman–Crippen LogP) is 1.96. The molecule has 0 aliphatic rings. The van der Waals surface area contributed by atoms with Crippen molar-refractivity contribution in [3.8, 4) is 0 Å². The highest BCUT2D eigenvalue weighted by atomic mass is 79.9. The quantitative estimate of drug-likeness (QED) is 0.448. The third kappa shape index (κ3) is 3.47. The van der Waals surface area contributed by atoms with Crippen molar-refractivity contribution < 1.29 is 21.5 Å². The van der Waals surface area contributed by atoms with Crippen molar-refractivity contribution >= 4 is 40.3 Å². The summed E-state index contributed by atoms with van der Waals surface area (Å²) in [7, 11) is -4.10. The van der Waals surface area contributed by atoms with Gasteiger partial charge in [-0.3, -0.25) is 0 Å². The molecule has 0 aromatic carbocycles. The second-order valence-corrected chi connectivity index (χ2v) is 3.96. The van der Waals surface area contributed by atoms with Crippen LogP contribution in [0, 0.1) is 10.1 Å². The van der Waals surface area contributed by atoms with Crippen LogP contribution in [0.25, 0.3) is 0 Å². The molecular weight excluding hydrogens is 301 g/mol. The van der Waals surface area contributed by atoms with Gasteiger partial charge in [0.25, 0.3) is 0 Å². The molecule has 7 nitrogen and oxygen atoms in total. The molecule has 0 saturated carbocycles. The lowest BCUT2D eigenvalue weighted by molar-refractivity contribution is -0.717. The fourth-order valence-corrected chi connectivity index (χ4v) is 1.50. The molecule has 10 heteroatoms. The lowest BCUT2D eigenvalue weighted by Gasteiger charge is -2.04. The molecule has 0 atom stereocenters. The fraction of sp³-hybridized carbons (Fsp3) is 0. The molecule has 0 rings (SSSR count). The number of rotatable bonds is 4. The van der Waals surface area contributed by atoms with Gasteiger partial charge in [0.1, 0.15) is 32.5 Å². The zero-order chi connectivity index (χ0) is 8.20. The molecule has 0 aromatic heterocycles. The van der Waals surface area contributed by atoms with Gasteiger partial charge >= 0.3 is 12.9 Å². The van der Waals surface area contributed by atoms with E-state index in [0.29, 0.717) is 0 Å². The summed E-state index contributed by atoms with van der Waals surface area (Å²) in [6.45, 7) is 0. The van der Waals surface area contributed by atoms with E-state index in [9.17, 15) is 14.7 Å². The molecule has 0 bridgehead atoms. The normalized spacial score (nSPS) is 11.0. The predicted molar refractivity (Wildman–Crippen MR) is 35.7 cm³/mol. The number of phosphoric acid groups is 1. The van der Waals surface area contributed by atoms with E-state index < -0.39 is 12.9 Å². The average molecular weight is 301 g/mol. The minimum Gasteiger partial charge on any atom is -0.227 e. The Morgan fingerprint density at radius 3 is 1.90 bits per heavy atom. The van der Waals surface area contributed by atoms with Crippen molar-refractivity contribution in [3.05, 3.63) is 10.1 Å². The Morgan fingerprint density at radius 1 is 1.40 bits per heavy atom. The molecule has 0 radical (unpaired) electrons.